The van der Waals surface area contributed by atoms with Crippen LogP contribution in [0, 0.1) is 17.8 Å². The van der Waals surface area contributed by atoms with Crippen molar-refractivity contribution in [3.8, 4) is 0 Å². The van der Waals surface area contributed by atoms with Gasteiger partial charge in [-0.3, -0.25) is 0 Å². The highest BCUT2D eigenvalue weighted by atomic mass is 15.5. The van der Waals surface area contributed by atoms with E-state index in [2.05, 4.69) is 42.7 Å². The molecule has 3 heteroatoms. The zero-order valence-electron chi connectivity index (χ0n) is 11.4. The number of rotatable bonds is 0. The van der Waals surface area contributed by atoms with Crippen molar-refractivity contribution in [2.45, 2.75) is 58.9 Å². The fraction of sp³-hybridized carbons (Fsp3) is 0.857. The molecular formula is C14H23N3. The molecule has 3 atom stereocenters. The molecule has 0 aliphatic heterocycles. The van der Waals surface area contributed by atoms with Gasteiger partial charge in [-0.25, -0.2) is 4.68 Å². The number of aromatic nitrogens is 3. The van der Waals surface area contributed by atoms with Gasteiger partial charge in [0, 0.05) is 0 Å². The van der Waals surface area contributed by atoms with Crippen LogP contribution in [-0.4, -0.2) is 15.0 Å². The molecule has 0 N–H and O–H groups in total. The number of fused-ring (bicyclic) bond motifs is 2. The molecule has 3 rings (SSSR count). The second-order valence-corrected chi connectivity index (χ2v) is 6.83. The van der Waals surface area contributed by atoms with Crippen LogP contribution in [-0.2, 0) is 18.4 Å². The van der Waals surface area contributed by atoms with Gasteiger partial charge in [-0.05, 0) is 64.2 Å². The standard InChI is InChI=1S/C14H23N3/c1-9-10-5-7-12-13(8-6-11(9)10)17(16-15-12)14(2,3)4/h9-11H,5-8H2,1-4H3. The maximum Gasteiger partial charge on any atom is 0.0859 e. The second kappa shape index (κ2) is 3.56. The average Bonchev–Trinajstić information content (AvgIpc) is 2.65. The lowest BCUT2D eigenvalue weighted by atomic mass is 10.00. The molecule has 17 heavy (non-hydrogen) atoms. The van der Waals surface area contributed by atoms with Crippen molar-refractivity contribution in [1.29, 1.82) is 0 Å². The zero-order valence-corrected chi connectivity index (χ0v) is 11.4. The zero-order chi connectivity index (χ0) is 12.2. The molecule has 1 fully saturated rings. The molecule has 0 amide bonds. The smallest absolute Gasteiger partial charge is 0.0859 e. The number of aryl methyl sites for hydroxylation is 1. The van der Waals surface area contributed by atoms with Crippen LogP contribution in [0.4, 0.5) is 0 Å². The van der Waals surface area contributed by atoms with E-state index in [1.54, 1.807) is 0 Å². The van der Waals surface area contributed by atoms with Gasteiger partial charge in [0.05, 0.1) is 16.9 Å². The Kier molecular flexibility index (Phi) is 2.36. The largest absolute Gasteiger partial charge is 0.244 e. The first-order valence-electron chi connectivity index (χ1n) is 6.92. The molecule has 2 aliphatic carbocycles. The molecule has 1 aromatic heterocycles. The molecule has 2 aliphatic rings. The molecule has 1 saturated carbocycles. The van der Waals surface area contributed by atoms with Crippen LogP contribution in [0.5, 0.6) is 0 Å². The monoisotopic (exact) mass is 233 g/mol. The summed E-state index contributed by atoms with van der Waals surface area (Å²) in [6.45, 7) is 9.05. The van der Waals surface area contributed by atoms with Crippen LogP contribution < -0.4 is 0 Å². The summed E-state index contributed by atoms with van der Waals surface area (Å²) in [5.74, 6) is 2.91. The normalized spacial score (nSPS) is 32.4. The molecular weight excluding hydrogens is 210 g/mol. The molecule has 0 spiro atoms. The van der Waals surface area contributed by atoms with Crippen molar-refractivity contribution < 1.29 is 0 Å². The fourth-order valence-corrected chi connectivity index (χ4v) is 3.51. The highest BCUT2D eigenvalue weighted by Gasteiger charge is 2.46. The lowest BCUT2D eigenvalue weighted by molar-refractivity contribution is 0.333. The summed E-state index contributed by atoms with van der Waals surface area (Å²) in [6, 6.07) is 0. The van der Waals surface area contributed by atoms with Crippen LogP contribution in [0.25, 0.3) is 0 Å². The third-order valence-electron chi connectivity index (χ3n) is 4.67. The van der Waals surface area contributed by atoms with Gasteiger partial charge in [0.2, 0.25) is 0 Å². The van der Waals surface area contributed by atoms with E-state index in [1.165, 1.54) is 30.7 Å². The Morgan fingerprint density at radius 2 is 1.76 bits per heavy atom. The Bertz CT molecular complexity index is 427. The van der Waals surface area contributed by atoms with Crippen molar-refractivity contribution in [2.24, 2.45) is 17.8 Å². The van der Waals surface area contributed by atoms with E-state index in [1.807, 2.05) is 0 Å². The van der Waals surface area contributed by atoms with Crippen molar-refractivity contribution in [1.82, 2.24) is 15.0 Å². The first-order chi connectivity index (χ1) is 7.98. The Labute approximate surface area is 104 Å². The molecule has 3 unspecified atom stereocenters. The Morgan fingerprint density at radius 3 is 2.41 bits per heavy atom. The maximum atomic E-state index is 4.42. The van der Waals surface area contributed by atoms with Crippen LogP contribution in [0.15, 0.2) is 0 Å². The lowest BCUT2D eigenvalue weighted by Crippen LogP contribution is -2.26. The predicted octanol–water partition coefficient (Wildman–Crippen LogP) is 2.79. The highest BCUT2D eigenvalue weighted by Crippen LogP contribution is 2.52. The molecule has 0 aromatic carbocycles. The van der Waals surface area contributed by atoms with Crippen LogP contribution in [0.1, 0.15) is 51.9 Å². The quantitative estimate of drug-likeness (QED) is 0.690. The van der Waals surface area contributed by atoms with Crippen molar-refractivity contribution in [3.05, 3.63) is 11.4 Å². The van der Waals surface area contributed by atoms with E-state index in [9.17, 15) is 0 Å². The van der Waals surface area contributed by atoms with E-state index in [-0.39, 0.29) is 5.54 Å². The molecule has 0 radical (unpaired) electrons. The summed E-state index contributed by atoms with van der Waals surface area (Å²) in [7, 11) is 0. The fourth-order valence-electron chi connectivity index (χ4n) is 3.51. The van der Waals surface area contributed by atoms with Gasteiger partial charge in [0.1, 0.15) is 0 Å². The van der Waals surface area contributed by atoms with Gasteiger partial charge < -0.3 is 0 Å². The topological polar surface area (TPSA) is 30.7 Å². The summed E-state index contributed by atoms with van der Waals surface area (Å²) < 4.78 is 2.15. The lowest BCUT2D eigenvalue weighted by Gasteiger charge is -2.22. The summed E-state index contributed by atoms with van der Waals surface area (Å²) in [5.41, 5.74) is 2.72. The van der Waals surface area contributed by atoms with Crippen molar-refractivity contribution >= 4 is 0 Å². The summed E-state index contributed by atoms with van der Waals surface area (Å²) in [4.78, 5) is 0. The molecule has 1 heterocycles. The van der Waals surface area contributed by atoms with Crippen LogP contribution >= 0.6 is 0 Å². The third kappa shape index (κ3) is 1.80. The molecule has 3 nitrogen and oxygen atoms in total. The molecule has 0 saturated heterocycles. The predicted molar refractivity (Wildman–Crippen MR) is 67.8 cm³/mol. The van der Waals surface area contributed by atoms with E-state index in [0.29, 0.717) is 0 Å². The van der Waals surface area contributed by atoms with Crippen LogP contribution in [0.3, 0.4) is 0 Å². The first-order valence-corrected chi connectivity index (χ1v) is 6.92. The summed E-state index contributed by atoms with van der Waals surface area (Å²) >= 11 is 0. The third-order valence-corrected chi connectivity index (χ3v) is 4.67. The minimum Gasteiger partial charge on any atom is -0.244 e. The molecule has 0 bridgehead atoms. The SMILES string of the molecule is CC1C2CCc3nnn(C(C)(C)C)c3CCC12. The number of hydrogen-bond donors (Lipinski definition) is 0. The first kappa shape index (κ1) is 11.2. The van der Waals surface area contributed by atoms with E-state index in [0.717, 1.165) is 24.2 Å². The minimum atomic E-state index is 0.0638. The summed E-state index contributed by atoms with van der Waals surface area (Å²) in [5, 5.41) is 8.79. The number of nitrogens with zero attached hydrogens (tertiary/aromatic N) is 3. The van der Waals surface area contributed by atoms with Crippen LogP contribution in [0.2, 0.25) is 0 Å². The Hall–Kier alpha value is -0.860. The average molecular weight is 233 g/mol. The van der Waals surface area contributed by atoms with Gasteiger partial charge in [-0.1, -0.05) is 12.1 Å². The van der Waals surface area contributed by atoms with Gasteiger partial charge >= 0.3 is 0 Å². The van der Waals surface area contributed by atoms with E-state index in [4.69, 9.17) is 0 Å². The van der Waals surface area contributed by atoms with Gasteiger partial charge in [-0.15, -0.1) is 5.10 Å². The van der Waals surface area contributed by atoms with Crippen molar-refractivity contribution in [2.75, 3.05) is 0 Å². The maximum absolute atomic E-state index is 4.42. The number of hydrogen-bond acceptors (Lipinski definition) is 2. The highest BCUT2D eigenvalue weighted by molar-refractivity contribution is 5.16. The van der Waals surface area contributed by atoms with E-state index < -0.39 is 0 Å². The van der Waals surface area contributed by atoms with Gasteiger partial charge in [0.25, 0.3) is 0 Å². The Balaban J connectivity index is 1.90. The Morgan fingerprint density at radius 1 is 1.12 bits per heavy atom. The molecule has 94 valence electrons. The van der Waals surface area contributed by atoms with E-state index >= 15 is 0 Å². The molecule has 1 aromatic rings. The minimum absolute atomic E-state index is 0.0638. The van der Waals surface area contributed by atoms with Gasteiger partial charge in [-0.2, -0.15) is 0 Å². The van der Waals surface area contributed by atoms with Gasteiger partial charge in [0.15, 0.2) is 0 Å². The second-order valence-electron chi connectivity index (χ2n) is 6.83. The van der Waals surface area contributed by atoms with Crippen molar-refractivity contribution in [3.63, 3.8) is 0 Å². The summed E-state index contributed by atoms with van der Waals surface area (Å²) in [6.07, 6.45) is 4.96.